The fraction of sp³-hybridized carbons (Fsp3) is 0.286. The highest BCUT2D eigenvalue weighted by molar-refractivity contribution is 7.12. The average molecular weight is 414 g/mol. The number of ketones is 1. The molecule has 0 atom stereocenters. The molecule has 4 rings (SSSR count). The van der Waals surface area contributed by atoms with Gasteiger partial charge in [-0.25, -0.2) is 4.98 Å². The number of rotatable bonds is 4. The first kappa shape index (κ1) is 18.9. The minimum absolute atomic E-state index is 0.122. The molecule has 2 N–H and O–H groups in total. The third-order valence-corrected chi connectivity index (χ3v) is 6.25. The van der Waals surface area contributed by atoms with Crippen LogP contribution in [-0.2, 0) is 13.0 Å². The molecule has 2 aromatic heterocycles. The summed E-state index contributed by atoms with van der Waals surface area (Å²) < 4.78 is 0. The molecule has 0 aliphatic heterocycles. The molecule has 1 amide bonds. The Morgan fingerprint density at radius 3 is 2.71 bits per heavy atom. The maximum absolute atomic E-state index is 12.7. The van der Waals surface area contributed by atoms with E-state index < -0.39 is 0 Å². The van der Waals surface area contributed by atoms with Crippen molar-refractivity contribution in [3.8, 4) is 11.3 Å². The fourth-order valence-corrected chi connectivity index (χ4v) is 4.67. The van der Waals surface area contributed by atoms with Gasteiger partial charge in [0.2, 0.25) is 0 Å². The zero-order valence-electron chi connectivity index (χ0n) is 15.7. The molecule has 0 radical (unpaired) electrons. The molecule has 0 unspecified atom stereocenters. The number of nitrogens with zero attached hydrogens (tertiary/aromatic N) is 1. The SMILES string of the molecule is Cc1sc(CNC(=O)c2[nH]c3c(c2C)C(=O)CCC3)nc1-c1ccc(Cl)cc1. The molecule has 1 aliphatic carbocycles. The zero-order valence-corrected chi connectivity index (χ0v) is 17.3. The number of Topliss-reactive ketones (excluding diaryl/α,β-unsaturated/α-hetero) is 1. The van der Waals surface area contributed by atoms with Crippen molar-refractivity contribution < 1.29 is 9.59 Å². The van der Waals surface area contributed by atoms with Gasteiger partial charge in [0.25, 0.3) is 5.91 Å². The highest BCUT2D eigenvalue weighted by atomic mass is 35.5. The molecule has 2 heterocycles. The number of aryl methyl sites for hydroxylation is 2. The second-order valence-corrected chi connectivity index (χ2v) is 8.68. The van der Waals surface area contributed by atoms with E-state index in [1.165, 1.54) is 0 Å². The number of thiazole rings is 1. The highest BCUT2D eigenvalue weighted by Crippen LogP contribution is 2.29. The summed E-state index contributed by atoms with van der Waals surface area (Å²) >= 11 is 7.52. The molecular weight excluding hydrogens is 394 g/mol. The van der Waals surface area contributed by atoms with Gasteiger partial charge in [0.1, 0.15) is 10.7 Å². The van der Waals surface area contributed by atoms with Gasteiger partial charge in [-0.3, -0.25) is 9.59 Å². The number of carbonyl (C=O) groups is 2. The van der Waals surface area contributed by atoms with Crippen LogP contribution in [0.4, 0.5) is 0 Å². The maximum atomic E-state index is 12.7. The van der Waals surface area contributed by atoms with E-state index in [1.54, 1.807) is 11.3 Å². The molecule has 28 heavy (non-hydrogen) atoms. The Morgan fingerprint density at radius 2 is 2.00 bits per heavy atom. The van der Waals surface area contributed by atoms with E-state index in [0.717, 1.165) is 45.2 Å². The summed E-state index contributed by atoms with van der Waals surface area (Å²) in [6.07, 6.45) is 2.20. The molecule has 0 saturated carbocycles. The number of nitrogens with one attached hydrogen (secondary N) is 2. The summed E-state index contributed by atoms with van der Waals surface area (Å²) in [5.74, 6) is -0.0854. The average Bonchev–Trinajstić information content (AvgIpc) is 3.21. The number of fused-ring (bicyclic) bond motifs is 1. The second kappa shape index (κ2) is 7.53. The zero-order chi connectivity index (χ0) is 19.8. The van der Waals surface area contributed by atoms with E-state index in [4.69, 9.17) is 11.6 Å². The standard InChI is InChI=1S/C21H20ClN3O2S/c1-11-18-15(4-3-5-16(18)26)24-19(11)21(27)23-10-17-25-20(12(2)28-17)13-6-8-14(22)9-7-13/h6-9,24H,3-5,10H2,1-2H3,(H,23,27). The van der Waals surface area contributed by atoms with Gasteiger partial charge in [-0.1, -0.05) is 23.7 Å². The Balaban J connectivity index is 1.50. The van der Waals surface area contributed by atoms with Gasteiger partial charge in [-0.2, -0.15) is 0 Å². The van der Waals surface area contributed by atoms with Crippen LogP contribution in [0.1, 0.15) is 54.8 Å². The van der Waals surface area contributed by atoms with Crippen molar-refractivity contribution in [2.24, 2.45) is 0 Å². The Morgan fingerprint density at radius 1 is 1.25 bits per heavy atom. The van der Waals surface area contributed by atoms with E-state index in [1.807, 2.05) is 38.1 Å². The van der Waals surface area contributed by atoms with Crippen molar-refractivity contribution in [2.45, 2.75) is 39.7 Å². The monoisotopic (exact) mass is 413 g/mol. The van der Waals surface area contributed by atoms with Gasteiger partial charge in [-0.15, -0.1) is 11.3 Å². The summed E-state index contributed by atoms with van der Waals surface area (Å²) in [5.41, 5.74) is 4.71. The van der Waals surface area contributed by atoms with Crippen molar-refractivity contribution in [2.75, 3.05) is 0 Å². The number of benzene rings is 1. The number of hydrogen-bond donors (Lipinski definition) is 2. The topological polar surface area (TPSA) is 74.8 Å². The smallest absolute Gasteiger partial charge is 0.268 e. The molecule has 1 aliphatic rings. The summed E-state index contributed by atoms with van der Waals surface area (Å²) in [6.45, 7) is 4.19. The van der Waals surface area contributed by atoms with Crippen LogP contribution in [-0.4, -0.2) is 21.7 Å². The summed E-state index contributed by atoms with van der Waals surface area (Å²) in [7, 11) is 0. The molecule has 0 bridgehead atoms. The first-order chi connectivity index (χ1) is 13.4. The largest absolute Gasteiger partial charge is 0.354 e. The van der Waals surface area contributed by atoms with Gasteiger partial charge in [-0.05, 0) is 44.4 Å². The summed E-state index contributed by atoms with van der Waals surface area (Å²) in [5, 5.41) is 4.45. The van der Waals surface area contributed by atoms with Crippen LogP contribution in [0.5, 0.6) is 0 Å². The van der Waals surface area contributed by atoms with Gasteiger partial charge in [0.05, 0.1) is 12.2 Å². The van der Waals surface area contributed by atoms with Crippen LogP contribution in [0.25, 0.3) is 11.3 Å². The lowest BCUT2D eigenvalue weighted by atomic mass is 9.94. The predicted molar refractivity (Wildman–Crippen MR) is 111 cm³/mol. The molecule has 7 heteroatoms. The number of aromatic nitrogens is 2. The lowest BCUT2D eigenvalue weighted by molar-refractivity contribution is 0.0945. The molecule has 1 aromatic carbocycles. The lowest BCUT2D eigenvalue weighted by Crippen LogP contribution is -2.24. The van der Waals surface area contributed by atoms with E-state index in [2.05, 4.69) is 15.3 Å². The second-order valence-electron chi connectivity index (χ2n) is 6.96. The Hall–Kier alpha value is -2.44. The van der Waals surface area contributed by atoms with Gasteiger partial charge < -0.3 is 10.3 Å². The van der Waals surface area contributed by atoms with Crippen molar-refractivity contribution in [3.05, 3.63) is 61.7 Å². The third-order valence-electron chi connectivity index (χ3n) is 5.02. The molecule has 144 valence electrons. The lowest BCUT2D eigenvalue weighted by Gasteiger charge is -2.09. The van der Waals surface area contributed by atoms with E-state index >= 15 is 0 Å². The Bertz CT molecular complexity index is 1070. The van der Waals surface area contributed by atoms with Crippen LogP contribution in [0.15, 0.2) is 24.3 Å². The molecule has 0 spiro atoms. The van der Waals surface area contributed by atoms with E-state index in [-0.39, 0.29) is 11.7 Å². The number of aromatic amines is 1. The Labute approximate surface area is 172 Å². The molecule has 3 aromatic rings. The summed E-state index contributed by atoms with van der Waals surface area (Å²) in [4.78, 5) is 33.7. The number of H-pyrrole nitrogens is 1. The van der Waals surface area contributed by atoms with Gasteiger partial charge in [0, 0.05) is 33.1 Å². The fourth-order valence-electron chi connectivity index (χ4n) is 3.65. The van der Waals surface area contributed by atoms with E-state index in [9.17, 15) is 9.59 Å². The van der Waals surface area contributed by atoms with Crippen molar-refractivity contribution in [1.82, 2.24) is 15.3 Å². The first-order valence-corrected chi connectivity index (χ1v) is 10.4. The number of hydrogen-bond acceptors (Lipinski definition) is 4. The van der Waals surface area contributed by atoms with Crippen LogP contribution < -0.4 is 5.32 Å². The van der Waals surface area contributed by atoms with Crippen molar-refractivity contribution >= 4 is 34.6 Å². The minimum Gasteiger partial charge on any atom is -0.354 e. The minimum atomic E-state index is -0.208. The molecular formula is C21H20ClN3O2S. The van der Waals surface area contributed by atoms with Crippen LogP contribution in [0, 0.1) is 13.8 Å². The normalized spacial score (nSPS) is 13.5. The highest BCUT2D eigenvalue weighted by Gasteiger charge is 2.26. The van der Waals surface area contributed by atoms with Gasteiger partial charge >= 0.3 is 0 Å². The number of amides is 1. The predicted octanol–water partition coefficient (Wildman–Crippen LogP) is 4.86. The van der Waals surface area contributed by atoms with Crippen molar-refractivity contribution in [1.29, 1.82) is 0 Å². The molecule has 0 fully saturated rings. The van der Waals surface area contributed by atoms with Crippen LogP contribution in [0.3, 0.4) is 0 Å². The molecule has 5 nitrogen and oxygen atoms in total. The number of carbonyl (C=O) groups excluding carboxylic acids is 2. The Kier molecular flexibility index (Phi) is 5.08. The maximum Gasteiger partial charge on any atom is 0.268 e. The van der Waals surface area contributed by atoms with E-state index in [0.29, 0.717) is 29.2 Å². The first-order valence-electron chi connectivity index (χ1n) is 9.19. The quantitative estimate of drug-likeness (QED) is 0.641. The van der Waals surface area contributed by atoms with Crippen molar-refractivity contribution in [3.63, 3.8) is 0 Å². The van der Waals surface area contributed by atoms with Crippen LogP contribution in [0.2, 0.25) is 5.02 Å². The third kappa shape index (κ3) is 3.50. The number of halogens is 1. The van der Waals surface area contributed by atoms with Crippen LogP contribution >= 0.6 is 22.9 Å². The summed E-state index contributed by atoms with van der Waals surface area (Å²) in [6, 6.07) is 7.57. The molecule has 0 saturated heterocycles. The van der Waals surface area contributed by atoms with Gasteiger partial charge in [0.15, 0.2) is 5.78 Å².